The van der Waals surface area contributed by atoms with Crippen molar-refractivity contribution < 1.29 is 0 Å². The fourth-order valence-electron chi connectivity index (χ4n) is 3.01. The molecule has 1 N–H and O–H groups in total. The second-order valence-corrected chi connectivity index (χ2v) is 5.96. The molecule has 1 aliphatic rings. The maximum atomic E-state index is 3.59. The van der Waals surface area contributed by atoms with E-state index in [9.17, 15) is 0 Å². The molecule has 1 unspecified atom stereocenters. The summed E-state index contributed by atoms with van der Waals surface area (Å²) in [6.45, 7) is 5.82. The van der Waals surface area contributed by atoms with Crippen LogP contribution in [0.5, 0.6) is 0 Å². The molecule has 2 rings (SSSR count). The molecule has 3 heteroatoms. The van der Waals surface area contributed by atoms with Gasteiger partial charge in [-0.2, -0.15) is 0 Å². The summed E-state index contributed by atoms with van der Waals surface area (Å²) in [6, 6.07) is 11.5. The topological polar surface area (TPSA) is 18.5 Å². The summed E-state index contributed by atoms with van der Waals surface area (Å²) in [5, 5.41) is 3.59. The van der Waals surface area contributed by atoms with Crippen molar-refractivity contribution >= 4 is 0 Å². The molecule has 1 aromatic carbocycles. The lowest BCUT2D eigenvalue weighted by atomic mass is 10.0. The number of nitrogens with one attached hydrogen (secondary N) is 1. The van der Waals surface area contributed by atoms with E-state index in [0.29, 0.717) is 6.04 Å². The Kier molecular flexibility index (Phi) is 6.51. The molecule has 0 saturated carbocycles. The highest BCUT2D eigenvalue weighted by Crippen LogP contribution is 2.22. The first-order chi connectivity index (χ1) is 9.77. The molecule has 0 amide bonds. The summed E-state index contributed by atoms with van der Waals surface area (Å²) < 4.78 is 0. The second-order valence-electron chi connectivity index (χ2n) is 5.96. The highest BCUT2D eigenvalue weighted by molar-refractivity contribution is 5.19. The van der Waals surface area contributed by atoms with E-state index in [4.69, 9.17) is 0 Å². The average molecular weight is 275 g/mol. The maximum Gasteiger partial charge on any atom is 0.0357 e. The van der Waals surface area contributed by atoms with Gasteiger partial charge in [-0.25, -0.2) is 0 Å². The summed E-state index contributed by atoms with van der Waals surface area (Å²) in [6.07, 6.45) is 3.70. The van der Waals surface area contributed by atoms with Gasteiger partial charge in [0.15, 0.2) is 0 Å². The molecule has 112 valence electrons. The van der Waals surface area contributed by atoms with Gasteiger partial charge >= 0.3 is 0 Å². The highest BCUT2D eigenvalue weighted by atomic mass is 15.1. The first kappa shape index (κ1) is 15.5. The molecule has 1 aliphatic heterocycles. The van der Waals surface area contributed by atoms with E-state index in [1.54, 1.807) is 0 Å². The van der Waals surface area contributed by atoms with Crippen LogP contribution in [0.15, 0.2) is 30.3 Å². The third-order valence-electron chi connectivity index (χ3n) is 4.26. The minimum absolute atomic E-state index is 0.536. The fraction of sp³-hybridized carbons (Fsp3) is 0.647. The van der Waals surface area contributed by atoms with Gasteiger partial charge in [0, 0.05) is 6.04 Å². The summed E-state index contributed by atoms with van der Waals surface area (Å²) in [5.74, 6) is 0. The van der Waals surface area contributed by atoms with Crippen molar-refractivity contribution in [3.05, 3.63) is 35.9 Å². The van der Waals surface area contributed by atoms with Crippen molar-refractivity contribution in [3.8, 4) is 0 Å². The van der Waals surface area contributed by atoms with Gasteiger partial charge in [0.05, 0.1) is 0 Å². The molecule has 0 bridgehead atoms. The van der Waals surface area contributed by atoms with E-state index in [1.165, 1.54) is 44.5 Å². The predicted molar refractivity (Wildman–Crippen MR) is 86.0 cm³/mol. The molecule has 0 radical (unpaired) electrons. The Morgan fingerprint density at radius 1 is 0.950 bits per heavy atom. The molecule has 20 heavy (non-hydrogen) atoms. The minimum atomic E-state index is 0.536. The lowest BCUT2D eigenvalue weighted by Gasteiger charge is -2.30. The van der Waals surface area contributed by atoms with Crippen LogP contribution in [0.2, 0.25) is 0 Å². The smallest absolute Gasteiger partial charge is 0.0357 e. The summed E-state index contributed by atoms with van der Waals surface area (Å²) in [7, 11) is 4.50. The van der Waals surface area contributed by atoms with Gasteiger partial charge < -0.3 is 10.2 Å². The number of hydrogen-bond acceptors (Lipinski definition) is 3. The largest absolute Gasteiger partial charge is 0.317 e. The van der Waals surface area contributed by atoms with Gasteiger partial charge in [-0.15, -0.1) is 0 Å². The Balaban J connectivity index is 2.00. The van der Waals surface area contributed by atoms with Crippen LogP contribution < -0.4 is 5.32 Å². The van der Waals surface area contributed by atoms with Crippen molar-refractivity contribution in [2.45, 2.75) is 25.3 Å². The molecular formula is C17H29N3. The quantitative estimate of drug-likeness (QED) is 0.849. The van der Waals surface area contributed by atoms with E-state index >= 15 is 0 Å². The Labute approximate surface area is 124 Å². The molecule has 1 atom stereocenters. The second kappa shape index (κ2) is 8.40. The molecule has 3 nitrogen and oxygen atoms in total. The third kappa shape index (κ3) is 4.89. The Bertz CT molecular complexity index is 366. The zero-order valence-electron chi connectivity index (χ0n) is 13.0. The van der Waals surface area contributed by atoms with Gasteiger partial charge in [0.2, 0.25) is 0 Å². The summed E-state index contributed by atoms with van der Waals surface area (Å²) >= 11 is 0. The summed E-state index contributed by atoms with van der Waals surface area (Å²) in [5.41, 5.74) is 1.45. The molecule has 1 aromatic rings. The Morgan fingerprint density at radius 3 is 2.50 bits per heavy atom. The summed E-state index contributed by atoms with van der Waals surface area (Å²) in [4.78, 5) is 4.97. The van der Waals surface area contributed by atoms with Crippen LogP contribution in [-0.4, -0.2) is 56.6 Å². The van der Waals surface area contributed by atoms with Gasteiger partial charge in [-0.3, -0.25) is 4.90 Å². The minimum Gasteiger partial charge on any atom is -0.317 e. The van der Waals surface area contributed by atoms with E-state index in [2.05, 4.69) is 59.5 Å². The van der Waals surface area contributed by atoms with Crippen LogP contribution in [0.25, 0.3) is 0 Å². The van der Waals surface area contributed by atoms with Crippen molar-refractivity contribution in [1.82, 2.24) is 15.1 Å². The SMILES string of the molecule is CN1CCCNCCC(c2ccccc2)N(C)CCC1. The van der Waals surface area contributed by atoms with Crippen LogP contribution in [0.3, 0.4) is 0 Å². The van der Waals surface area contributed by atoms with Crippen molar-refractivity contribution in [1.29, 1.82) is 0 Å². The molecule has 0 spiro atoms. The highest BCUT2D eigenvalue weighted by Gasteiger charge is 2.16. The van der Waals surface area contributed by atoms with Gasteiger partial charge in [-0.1, -0.05) is 30.3 Å². The van der Waals surface area contributed by atoms with Crippen LogP contribution >= 0.6 is 0 Å². The molecule has 1 fully saturated rings. The van der Waals surface area contributed by atoms with Crippen LogP contribution in [0, 0.1) is 0 Å². The number of nitrogens with zero attached hydrogens (tertiary/aromatic N) is 2. The van der Waals surface area contributed by atoms with Crippen LogP contribution in [0.4, 0.5) is 0 Å². The van der Waals surface area contributed by atoms with Crippen LogP contribution in [0.1, 0.15) is 30.9 Å². The van der Waals surface area contributed by atoms with E-state index in [1.807, 2.05) is 0 Å². The first-order valence-electron chi connectivity index (χ1n) is 7.92. The molecule has 1 heterocycles. The Morgan fingerprint density at radius 2 is 1.70 bits per heavy atom. The molecule has 1 saturated heterocycles. The Hall–Kier alpha value is -0.900. The number of hydrogen-bond donors (Lipinski definition) is 1. The van der Waals surface area contributed by atoms with E-state index < -0.39 is 0 Å². The van der Waals surface area contributed by atoms with Crippen molar-refractivity contribution in [2.24, 2.45) is 0 Å². The fourth-order valence-corrected chi connectivity index (χ4v) is 3.01. The van der Waals surface area contributed by atoms with Crippen molar-refractivity contribution in [3.63, 3.8) is 0 Å². The van der Waals surface area contributed by atoms with E-state index in [0.717, 1.165) is 13.1 Å². The maximum absolute atomic E-state index is 3.59. The third-order valence-corrected chi connectivity index (χ3v) is 4.26. The average Bonchev–Trinajstić information content (AvgIpc) is 2.46. The molecule has 0 aliphatic carbocycles. The van der Waals surface area contributed by atoms with Crippen LogP contribution in [-0.2, 0) is 0 Å². The number of rotatable bonds is 1. The zero-order chi connectivity index (χ0) is 14.2. The lowest BCUT2D eigenvalue weighted by molar-refractivity contribution is 0.208. The normalized spacial score (nSPS) is 24.8. The van der Waals surface area contributed by atoms with Gasteiger partial charge in [0.1, 0.15) is 0 Å². The lowest BCUT2D eigenvalue weighted by Crippen LogP contribution is -2.33. The monoisotopic (exact) mass is 275 g/mol. The first-order valence-corrected chi connectivity index (χ1v) is 7.92. The van der Waals surface area contributed by atoms with Gasteiger partial charge in [-0.05, 0) is 71.6 Å². The molecular weight excluding hydrogens is 246 g/mol. The van der Waals surface area contributed by atoms with Crippen molar-refractivity contribution in [2.75, 3.05) is 46.8 Å². The predicted octanol–water partition coefficient (Wildman–Crippen LogP) is 2.36. The number of benzene rings is 1. The standard InChI is InChI=1S/C17H29N3/c1-19-13-6-11-18-12-10-17(20(2)15-7-14-19)16-8-4-3-5-9-16/h3-5,8-9,17-18H,6-7,10-15H2,1-2H3. The molecule has 0 aromatic heterocycles. The van der Waals surface area contributed by atoms with E-state index in [-0.39, 0.29) is 0 Å². The zero-order valence-corrected chi connectivity index (χ0v) is 13.0. The van der Waals surface area contributed by atoms with Gasteiger partial charge in [0.25, 0.3) is 0 Å².